The fourth-order valence-corrected chi connectivity index (χ4v) is 4.59. The predicted octanol–water partition coefficient (Wildman–Crippen LogP) is 4.60. The monoisotopic (exact) mass is 438 g/mol. The number of nitrogens with one attached hydrogen (secondary N) is 1. The van der Waals surface area contributed by atoms with Crippen molar-refractivity contribution in [2.45, 2.75) is 6.92 Å². The Morgan fingerprint density at radius 1 is 1.21 bits per heavy atom. The minimum Gasteiger partial charge on any atom is -0.495 e. The molecule has 0 saturated carbocycles. The molecule has 0 saturated heterocycles. The maximum absolute atomic E-state index is 12.7. The number of carbonyl (C=O) groups is 1. The van der Waals surface area contributed by atoms with Crippen molar-refractivity contribution in [2.75, 3.05) is 29.5 Å². The first kappa shape index (κ1) is 20.4. The average Bonchev–Trinajstić information content (AvgIpc) is 3.11. The number of anilines is 2. The van der Waals surface area contributed by atoms with Crippen LogP contribution in [0.5, 0.6) is 5.75 Å². The highest BCUT2D eigenvalue weighted by Gasteiger charge is 2.18. The van der Waals surface area contributed by atoms with Gasteiger partial charge in [0.05, 0.1) is 29.1 Å². The van der Waals surface area contributed by atoms with Crippen LogP contribution in [0.4, 0.5) is 11.4 Å². The molecule has 0 aliphatic heterocycles. The number of hydrogen-bond donors (Lipinski definition) is 1. The third-order valence-corrected chi connectivity index (χ3v) is 7.40. The van der Waals surface area contributed by atoms with Crippen LogP contribution in [0.25, 0.3) is 10.1 Å². The second kappa shape index (κ2) is 7.98. The quantitative estimate of drug-likeness (QED) is 0.610. The number of hydrogen-bond acceptors (Lipinski definition) is 5. The number of amides is 1. The molecule has 148 valence electrons. The lowest BCUT2D eigenvalue weighted by Gasteiger charge is -2.18. The molecule has 0 atom stereocenters. The van der Waals surface area contributed by atoms with Crippen LogP contribution < -0.4 is 14.4 Å². The number of carbonyl (C=O) groups excluding carboxylic acids is 1. The van der Waals surface area contributed by atoms with Crippen molar-refractivity contribution in [3.8, 4) is 5.75 Å². The number of rotatable bonds is 6. The van der Waals surface area contributed by atoms with Crippen LogP contribution in [-0.2, 0) is 10.0 Å². The lowest BCUT2D eigenvalue weighted by atomic mass is 10.2. The molecule has 1 heterocycles. The first-order chi connectivity index (χ1) is 13.2. The van der Waals surface area contributed by atoms with Crippen LogP contribution in [-0.4, -0.2) is 34.2 Å². The van der Waals surface area contributed by atoms with E-state index in [-0.39, 0.29) is 11.7 Å². The normalized spacial score (nSPS) is 11.4. The second-order valence-electron chi connectivity index (χ2n) is 6.00. The molecule has 0 aliphatic rings. The molecule has 28 heavy (non-hydrogen) atoms. The van der Waals surface area contributed by atoms with Crippen molar-refractivity contribution in [2.24, 2.45) is 0 Å². The number of thiophene rings is 1. The molecule has 3 rings (SSSR count). The Balaban J connectivity index is 1.90. The number of benzene rings is 2. The summed E-state index contributed by atoms with van der Waals surface area (Å²) >= 11 is 7.33. The molecule has 1 aromatic heterocycles. The van der Waals surface area contributed by atoms with Crippen LogP contribution in [0.1, 0.15) is 16.6 Å². The van der Waals surface area contributed by atoms with Crippen molar-refractivity contribution in [3.63, 3.8) is 0 Å². The molecule has 6 nitrogen and oxygen atoms in total. The van der Waals surface area contributed by atoms with Crippen LogP contribution in [0.15, 0.2) is 42.5 Å². The summed E-state index contributed by atoms with van der Waals surface area (Å²) in [5, 5.41) is 4.08. The van der Waals surface area contributed by atoms with E-state index in [1.54, 1.807) is 43.3 Å². The van der Waals surface area contributed by atoms with Gasteiger partial charge in [0.15, 0.2) is 0 Å². The van der Waals surface area contributed by atoms with E-state index in [0.717, 1.165) is 10.1 Å². The van der Waals surface area contributed by atoms with Gasteiger partial charge in [-0.25, -0.2) is 8.42 Å². The highest BCUT2D eigenvalue weighted by Crippen LogP contribution is 2.32. The predicted molar refractivity (Wildman–Crippen MR) is 116 cm³/mol. The molecular formula is C19H19ClN2O4S2. The SMILES string of the molecule is CCS(=O)(=O)N(C)c1ccc2sc(C(=O)Nc3cc(Cl)ccc3OC)cc2c1. The van der Waals surface area contributed by atoms with Crippen LogP contribution in [0.3, 0.4) is 0 Å². The Kier molecular flexibility index (Phi) is 5.83. The average molecular weight is 439 g/mol. The molecule has 0 fully saturated rings. The zero-order valence-corrected chi connectivity index (χ0v) is 17.9. The van der Waals surface area contributed by atoms with Crippen molar-refractivity contribution in [1.82, 2.24) is 0 Å². The van der Waals surface area contributed by atoms with Crippen LogP contribution in [0.2, 0.25) is 5.02 Å². The first-order valence-corrected chi connectivity index (χ1v) is 11.2. The number of ether oxygens (including phenoxy) is 1. The van der Waals surface area contributed by atoms with Gasteiger partial charge in [-0.1, -0.05) is 11.6 Å². The molecule has 2 aromatic carbocycles. The minimum atomic E-state index is -3.35. The van der Waals surface area contributed by atoms with Crippen molar-refractivity contribution >= 4 is 60.3 Å². The van der Waals surface area contributed by atoms with Crippen molar-refractivity contribution in [3.05, 3.63) is 52.4 Å². The molecule has 1 N–H and O–H groups in total. The topological polar surface area (TPSA) is 75.7 Å². The smallest absolute Gasteiger partial charge is 0.265 e. The second-order valence-corrected chi connectivity index (χ2v) is 9.81. The highest BCUT2D eigenvalue weighted by atomic mass is 35.5. The number of sulfonamides is 1. The van der Waals surface area contributed by atoms with E-state index in [2.05, 4.69) is 5.32 Å². The number of methoxy groups -OCH3 is 1. The zero-order valence-electron chi connectivity index (χ0n) is 15.5. The van der Waals surface area contributed by atoms with E-state index in [4.69, 9.17) is 16.3 Å². The summed E-state index contributed by atoms with van der Waals surface area (Å²) in [6, 6.07) is 12.0. The molecule has 0 bridgehead atoms. The molecule has 0 radical (unpaired) electrons. The number of halogens is 1. The largest absolute Gasteiger partial charge is 0.495 e. The van der Waals surface area contributed by atoms with Gasteiger partial charge in [0.1, 0.15) is 5.75 Å². The van der Waals surface area contributed by atoms with Gasteiger partial charge in [0.25, 0.3) is 5.91 Å². The Labute approximate surface area is 172 Å². The Hall–Kier alpha value is -2.29. The molecule has 1 amide bonds. The highest BCUT2D eigenvalue weighted by molar-refractivity contribution is 7.92. The summed E-state index contributed by atoms with van der Waals surface area (Å²) < 4.78 is 31.5. The molecule has 0 spiro atoms. The van der Waals surface area contributed by atoms with Gasteiger partial charge >= 0.3 is 0 Å². The fourth-order valence-electron chi connectivity index (χ4n) is 2.65. The standard InChI is InChI=1S/C19H19ClN2O4S2/c1-4-28(24,25)22(2)14-6-8-17-12(9-14)10-18(27-17)19(23)21-15-11-13(20)5-7-16(15)26-3/h5-11H,4H2,1-3H3,(H,21,23). The lowest BCUT2D eigenvalue weighted by molar-refractivity contribution is 0.103. The van der Waals surface area contributed by atoms with Crippen LogP contribution >= 0.6 is 22.9 Å². The lowest BCUT2D eigenvalue weighted by Crippen LogP contribution is -2.27. The van der Waals surface area contributed by atoms with Crippen LogP contribution in [0, 0.1) is 0 Å². The van der Waals surface area contributed by atoms with Gasteiger partial charge in [-0.3, -0.25) is 9.10 Å². The zero-order chi connectivity index (χ0) is 20.5. The third-order valence-electron chi connectivity index (χ3n) is 4.28. The van der Waals surface area contributed by atoms with Gasteiger partial charge in [0.2, 0.25) is 10.0 Å². The summed E-state index contributed by atoms with van der Waals surface area (Å²) in [7, 11) is -0.317. The number of nitrogens with zero attached hydrogens (tertiary/aromatic N) is 1. The molecule has 3 aromatic rings. The van der Waals surface area contributed by atoms with Gasteiger partial charge in [-0.2, -0.15) is 0 Å². The van der Waals surface area contributed by atoms with E-state index in [0.29, 0.717) is 27.0 Å². The Morgan fingerprint density at radius 2 is 1.96 bits per heavy atom. The third kappa shape index (κ3) is 4.09. The van der Waals surface area contributed by atoms with Gasteiger partial charge in [0, 0.05) is 16.8 Å². The van der Waals surface area contributed by atoms with Gasteiger partial charge in [-0.15, -0.1) is 11.3 Å². The summed E-state index contributed by atoms with van der Waals surface area (Å²) in [6.07, 6.45) is 0. The maximum atomic E-state index is 12.7. The van der Waals surface area contributed by atoms with E-state index in [1.165, 1.54) is 29.8 Å². The molecule has 9 heteroatoms. The maximum Gasteiger partial charge on any atom is 0.265 e. The van der Waals surface area contributed by atoms with Gasteiger partial charge < -0.3 is 10.1 Å². The first-order valence-electron chi connectivity index (χ1n) is 8.40. The van der Waals surface area contributed by atoms with E-state index in [1.807, 2.05) is 6.07 Å². The van der Waals surface area contributed by atoms with E-state index in [9.17, 15) is 13.2 Å². The number of fused-ring (bicyclic) bond motifs is 1. The fraction of sp³-hybridized carbons (Fsp3) is 0.211. The molecular weight excluding hydrogens is 420 g/mol. The van der Waals surface area contributed by atoms with Crippen molar-refractivity contribution < 1.29 is 17.9 Å². The summed E-state index contributed by atoms with van der Waals surface area (Å²) in [6.45, 7) is 1.60. The summed E-state index contributed by atoms with van der Waals surface area (Å²) in [5.41, 5.74) is 1.03. The Bertz CT molecular complexity index is 1140. The summed E-state index contributed by atoms with van der Waals surface area (Å²) in [5.74, 6) is 0.228. The van der Waals surface area contributed by atoms with Crippen molar-refractivity contribution in [1.29, 1.82) is 0 Å². The molecule has 0 unspecified atom stereocenters. The van der Waals surface area contributed by atoms with E-state index < -0.39 is 10.0 Å². The molecule has 0 aliphatic carbocycles. The Morgan fingerprint density at radius 3 is 2.64 bits per heavy atom. The minimum absolute atomic E-state index is 0.0142. The van der Waals surface area contributed by atoms with E-state index >= 15 is 0 Å². The summed E-state index contributed by atoms with van der Waals surface area (Å²) in [4.78, 5) is 13.2. The van der Waals surface area contributed by atoms with Gasteiger partial charge in [-0.05, 0) is 54.8 Å².